The van der Waals surface area contributed by atoms with Gasteiger partial charge < -0.3 is 103 Å². The summed E-state index contributed by atoms with van der Waals surface area (Å²) in [7, 11) is 4.82. The predicted molar refractivity (Wildman–Crippen MR) is 345 cm³/mol. The molecule has 16 N–H and O–H groups in total. The highest BCUT2D eigenvalue weighted by Crippen LogP contribution is 2.26. The quantitative estimate of drug-likeness (QED) is 0.0120. The second-order valence-electron chi connectivity index (χ2n) is 26.9. The highest BCUT2D eigenvalue weighted by molar-refractivity contribution is 6.02. The molecule has 0 bridgehead atoms. The Bertz CT molecular complexity index is 2950. The highest BCUT2D eigenvalue weighted by Gasteiger charge is 2.46. The number of quaternary nitrogens is 1. The number of carbonyl (C=O) groups excluding carboxylic acids is 13. The molecule has 35 nitrogen and oxygen atoms in total. The Morgan fingerprint density at radius 1 is 0.694 bits per heavy atom. The van der Waals surface area contributed by atoms with Crippen molar-refractivity contribution in [2.24, 2.45) is 41.2 Å². The first-order valence-corrected chi connectivity index (χ1v) is 32.4. The molecule has 0 aromatic heterocycles. The maximum Gasteiger partial charge on any atom is 0.335 e. The van der Waals surface area contributed by atoms with Crippen LogP contribution in [0.3, 0.4) is 0 Å². The number of carbonyl (C=O) groups is 16. The van der Waals surface area contributed by atoms with Gasteiger partial charge in [-0.15, -0.1) is 0 Å². The number of rotatable bonds is 27. The molecule has 35 heteroatoms. The molecule has 2 fully saturated rings. The zero-order valence-corrected chi connectivity index (χ0v) is 57.8. The van der Waals surface area contributed by atoms with Crippen molar-refractivity contribution in [3.8, 4) is 0 Å². The number of likely N-dealkylation sites (N-methyl/N-ethyl adjacent to an activating group) is 1. The SMILES string of the molecule is CC(C)CC/C=C\C=C\C(=O)N[C@H](C(=O)N[C@@H]1C(=O)N[C@H](C(C)C)C(=O)N[C@@H](CCCCN)C(=O)N[C@@H](C(O)C(=O)O)C(=O)N[C@@H](CC(=O)OC(CC(=O)[O-])C[N+](C)(C)C)C(=O)NCC(=O)N[C@H](C(C)C(=O)O)C(=O)N[C@@H](C(C)C)C(=O)N2C[C@H](C)C[C@H]2C(=O)NC1C)C(C)C(=O)O. The number of hydrogen-bond acceptors (Lipinski definition) is 20. The average molecular weight is 1390 g/mol. The summed E-state index contributed by atoms with van der Waals surface area (Å²) in [5.74, 6) is -27.4. The minimum absolute atomic E-state index is 0.0106. The van der Waals surface area contributed by atoms with E-state index in [0.717, 1.165) is 31.2 Å². The van der Waals surface area contributed by atoms with E-state index in [9.17, 15) is 102 Å². The van der Waals surface area contributed by atoms with Gasteiger partial charge in [0.25, 0.3) is 0 Å². The number of hydrogen-bond donors (Lipinski definition) is 15. The summed E-state index contributed by atoms with van der Waals surface area (Å²) in [5.41, 5.74) is 5.74. The molecule has 0 aliphatic carbocycles. The maximum absolute atomic E-state index is 15.0. The van der Waals surface area contributed by atoms with Gasteiger partial charge in [-0.25, -0.2) is 4.79 Å². The van der Waals surface area contributed by atoms with E-state index in [-0.39, 0.29) is 49.8 Å². The molecule has 0 radical (unpaired) electrons. The van der Waals surface area contributed by atoms with Gasteiger partial charge in [-0.1, -0.05) is 66.7 Å². The van der Waals surface area contributed by atoms with Gasteiger partial charge in [-0.05, 0) is 89.5 Å². The Kier molecular flexibility index (Phi) is 34.6. The summed E-state index contributed by atoms with van der Waals surface area (Å²) in [6, 6.07) is -19.0. The first kappa shape index (κ1) is 85.0. The molecule has 0 aromatic rings. The van der Waals surface area contributed by atoms with Crippen molar-refractivity contribution in [1.82, 2.24) is 58.1 Å². The number of nitrogens with two attached hydrogens (primary N) is 1. The predicted octanol–water partition coefficient (Wildman–Crippen LogP) is -5.24. The fraction of sp³-hybridized carbons (Fsp3) is 0.683. The first-order valence-electron chi connectivity index (χ1n) is 32.4. The standard InChI is InChI=1S/C63H101N13O22/c1-30(2)20-16-14-15-17-22-41(77)69-47(34(8)61(92)93)57(88)73-49-36(10)66-54(85)40-24-33(7)28-75(40)60(91)46(32(5)6)72-56(87)48(35(9)62(94)95)70-42(78)27-65-52(83)39(26-44(81)98-37(25-43(79)80)29-76(11,12)13)68-59(90)50(51(82)63(96)97)74-53(84)38(21-18-19-23-64)67-55(86)45(31(3)4)71-58(49)89/h14-15,17,22,30-40,45-51,82H,16,18-21,23-29,64H2,1-13H3,(H13-,65,66,67,68,69,70,71,72,73,74,77,78,79,80,83,84,85,86,87,88,89,90,92,93,94,95,96,97)/b15-14-,22-17+/t33-,34?,35?,36?,37?,38+,39+,40+,45-,46+,47+,48-,49+,50+,51?/m1/s1. The number of nitrogens with zero attached hydrogens (tertiary/aromatic N) is 2. The number of nitrogens with one attached hydrogen (secondary N) is 10. The number of fused-ring (bicyclic) bond motifs is 1. The van der Waals surface area contributed by atoms with Crippen molar-refractivity contribution in [2.45, 2.75) is 193 Å². The molecular weight excluding hydrogens is 1290 g/mol. The Hall–Kier alpha value is -9.12. The molecule has 2 saturated heterocycles. The minimum Gasteiger partial charge on any atom is -0.550 e. The lowest BCUT2D eigenvalue weighted by molar-refractivity contribution is -0.873. The van der Waals surface area contributed by atoms with Gasteiger partial charge in [0.05, 0.1) is 52.0 Å². The molecule has 11 amide bonds. The largest absolute Gasteiger partial charge is 0.550 e. The Balaban J connectivity index is 3.05. The smallest absolute Gasteiger partial charge is 0.335 e. The van der Waals surface area contributed by atoms with Crippen molar-refractivity contribution in [2.75, 3.05) is 47.3 Å². The van der Waals surface area contributed by atoms with Gasteiger partial charge in [-0.3, -0.25) is 67.1 Å². The molecule has 2 heterocycles. The molecule has 2 rings (SSSR count). The van der Waals surface area contributed by atoms with Crippen LogP contribution >= 0.6 is 0 Å². The van der Waals surface area contributed by atoms with Crippen molar-refractivity contribution in [3.63, 3.8) is 0 Å². The molecule has 0 aromatic carbocycles. The van der Waals surface area contributed by atoms with E-state index in [2.05, 4.69) is 42.5 Å². The van der Waals surface area contributed by atoms with E-state index in [0.29, 0.717) is 12.3 Å². The van der Waals surface area contributed by atoms with Crippen LogP contribution in [0.2, 0.25) is 0 Å². The number of unbranched alkanes of at least 4 members (excludes halogenated alkanes) is 1. The Labute approximate surface area is 568 Å². The number of allylic oxidation sites excluding steroid dienone is 3. The van der Waals surface area contributed by atoms with E-state index >= 15 is 0 Å². The highest BCUT2D eigenvalue weighted by atomic mass is 16.5. The van der Waals surface area contributed by atoms with Crippen molar-refractivity contribution in [3.05, 3.63) is 24.3 Å². The molecule has 2 aliphatic rings. The summed E-state index contributed by atoms with van der Waals surface area (Å²) in [6.45, 7) is 13.5. The van der Waals surface area contributed by atoms with Crippen LogP contribution in [0, 0.1) is 35.5 Å². The molecule has 2 aliphatic heterocycles. The second-order valence-corrected chi connectivity index (χ2v) is 26.9. The Morgan fingerprint density at radius 3 is 1.83 bits per heavy atom. The zero-order valence-electron chi connectivity index (χ0n) is 57.8. The normalized spacial score (nSPS) is 25.0. The van der Waals surface area contributed by atoms with E-state index < -0.39 is 216 Å². The third-order valence-electron chi connectivity index (χ3n) is 16.0. The number of amides is 11. The van der Waals surface area contributed by atoms with Crippen LogP contribution in [-0.4, -0.2) is 245 Å². The molecular formula is C63H101N13O22. The van der Waals surface area contributed by atoms with Gasteiger partial charge >= 0.3 is 23.9 Å². The maximum atomic E-state index is 15.0. The van der Waals surface area contributed by atoms with Crippen LogP contribution in [0.4, 0.5) is 0 Å². The third kappa shape index (κ3) is 28.1. The van der Waals surface area contributed by atoms with Crippen LogP contribution < -0.4 is 64.0 Å². The van der Waals surface area contributed by atoms with Gasteiger partial charge in [-0.2, -0.15) is 0 Å². The minimum atomic E-state index is -2.90. The third-order valence-corrected chi connectivity index (χ3v) is 16.0. The van der Waals surface area contributed by atoms with Crippen LogP contribution in [0.5, 0.6) is 0 Å². The van der Waals surface area contributed by atoms with Crippen molar-refractivity contribution in [1.29, 1.82) is 0 Å². The number of carboxylic acids is 4. The van der Waals surface area contributed by atoms with Crippen LogP contribution in [0.25, 0.3) is 0 Å². The summed E-state index contributed by atoms with van der Waals surface area (Å²) in [5, 5.41) is 76.2. The monoisotopic (exact) mass is 1390 g/mol. The summed E-state index contributed by atoms with van der Waals surface area (Å²) in [6.07, 6.45) is 0.600. The van der Waals surface area contributed by atoms with Crippen LogP contribution in [-0.2, 0) is 81.4 Å². The first-order chi connectivity index (χ1) is 45.5. The summed E-state index contributed by atoms with van der Waals surface area (Å²) >= 11 is 0. The lowest BCUT2D eigenvalue weighted by Gasteiger charge is -2.34. The zero-order chi connectivity index (χ0) is 74.8. The van der Waals surface area contributed by atoms with Gasteiger partial charge in [0.15, 0.2) is 12.2 Å². The molecule has 550 valence electrons. The van der Waals surface area contributed by atoms with E-state index in [1.807, 2.05) is 24.5 Å². The number of carboxylic acid groups (broad SMARTS) is 4. The van der Waals surface area contributed by atoms with Crippen LogP contribution in [0.1, 0.15) is 121 Å². The van der Waals surface area contributed by atoms with Gasteiger partial charge in [0.1, 0.15) is 60.9 Å². The molecule has 0 saturated carbocycles. The topological polar surface area (TPSA) is 536 Å². The number of aliphatic carboxylic acids is 4. The number of ether oxygens (including phenoxy) is 1. The molecule has 15 atom stereocenters. The van der Waals surface area contributed by atoms with E-state index in [1.165, 1.54) is 40.7 Å². The fourth-order valence-electron chi connectivity index (χ4n) is 10.4. The molecule has 0 spiro atoms. The fourth-order valence-corrected chi connectivity index (χ4v) is 10.4. The number of aliphatic hydroxyl groups excluding tert-OH is 1. The van der Waals surface area contributed by atoms with Gasteiger partial charge in [0, 0.05) is 25.0 Å². The average Bonchev–Trinajstić information content (AvgIpc) is 1.67. The number of aliphatic hydroxyl groups is 1. The Morgan fingerprint density at radius 2 is 1.28 bits per heavy atom. The second kappa shape index (κ2) is 39.9. The van der Waals surface area contributed by atoms with Crippen molar-refractivity contribution >= 4 is 94.8 Å². The van der Waals surface area contributed by atoms with E-state index in [4.69, 9.17) is 10.5 Å². The molecule has 5 unspecified atom stereocenters. The van der Waals surface area contributed by atoms with Gasteiger partial charge in [0.2, 0.25) is 65.0 Å². The summed E-state index contributed by atoms with van der Waals surface area (Å²) < 4.78 is 5.39. The molecule has 98 heavy (non-hydrogen) atoms. The lowest BCUT2D eigenvalue weighted by Crippen LogP contribution is -2.65. The lowest BCUT2D eigenvalue weighted by atomic mass is 9.97. The summed E-state index contributed by atoms with van der Waals surface area (Å²) in [4.78, 5) is 222. The number of esters is 1. The van der Waals surface area contributed by atoms with Crippen LogP contribution in [0.15, 0.2) is 24.3 Å². The van der Waals surface area contributed by atoms with E-state index in [1.54, 1.807) is 40.2 Å². The van der Waals surface area contributed by atoms with Crippen molar-refractivity contribution < 1.29 is 111 Å².